The molecule has 2 aromatic rings. The lowest BCUT2D eigenvalue weighted by Crippen LogP contribution is -2.13. The SMILES string of the molecule is Cc1cc(Oc2cccc(Cl)c2C(=N)N)ccc1Cl. The number of rotatable bonds is 3. The fourth-order valence-electron chi connectivity index (χ4n) is 1.66. The predicted octanol–water partition coefficient (Wildman–Crippen LogP) is 4.38. The molecule has 0 aliphatic carbocycles. The van der Waals surface area contributed by atoms with Crippen LogP contribution < -0.4 is 10.5 Å². The van der Waals surface area contributed by atoms with Gasteiger partial charge in [0, 0.05) is 5.02 Å². The molecule has 0 fully saturated rings. The molecule has 19 heavy (non-hydrogen) atoms. The van der Waals surface area contributed by atoms with Crippen molar-refractivity contribution >= 4 is 29.0 Å². The van der Waals surface area contributed by atoms with Gasteiger partial charge in [0.2, 0.25) is 0 Å². The summed E-state index contributed by atoms with van der Waals surface area (Å²) in [5.74, 6) is 0.930. The fraction of sp³-hybridized carbons (Fsp3) is 0.0714. The standard InChI is InChI=1S/C14H12Cl2N2O/c1-8-7-9(5-6-10(8)15)19-12-4-2-3-11(16)13(12)14(17)18/h2-7H,1H3,(H3,17,18). The Bertz CT molecular complexity index is 641. The van der Waals surface area contributed by atoms with E-state index in [1.165, 1.54) is 0 Å². The molecule has 0 saturated heterocycles. The summed E-state index contributed by atoms with van der Waals surface area (Å²) >= 11 is 12.0. The molecule has 0 aromatic heterocycles. The molecule has 98 valence electrons. The summed E-state index contributed by atoms with van der Waals surface area (Å²) in [4.78, 5) is 0. The number of ether oxygens (including phenoxy) is 1. The van der Waals surface area contributed by atoms with Crippen LogP contribution in [-0.4, -0.2) is 5.84 Å². The number of amidine groups is 1. The van der Waals surface area contributed by atoms with E-state index in [2.05, 4.69) is 0 Å². The van der Waals surface area contributed by atoms with Gasteiger partial charge < -0.3 is 10.5 Å². The highest BCUT2D eigenvalue weighted by Crippen LogP contribution is 2.31. The fourth-order valence-corrected chi connectivity index (χ4v) is 2.04. The van der Waals surface area contributed by atoms with Gasteiger partial charge in [0.1, 0.15) is 17.3 Å². The van der Waals surface area contributed by atoms with E-state index >= 15 is 0 Å². The van der Waals surface area contributed by atoms with E-state index in [4.69, 9.17) is 39.1 Å². The van der Waals surface area contributed by atoms with Crippen LogP contribution in [0, 0.1) is 12.3 Å². The minimum atomic E-state index is -0.133. The summed E-state index contributed by atoms with van der Waals surface area (Å²) in [7, 11) is 0. The number of nitrogens with two attached hydrogens (primary N) is 1. The maximum Gasteiger partial charge on any atom is 0.139 e. The van der Waals surface area contributed by atoms with E-state index in [-0.39, 0.29) is 5.84 Å². The van der Waals surface area contributed by atoms with Crippen molar-refractivity contribution in [2.45, 2.75) is 6.92 Å². The third kappa shape index (κ3) is 3.00. The Labute approximate surface area is 121 Å². The van der Waals surface area contributed by atoms with E-state index in [0.717, 1.165) is 5.56 Å². The highest BCUT2D eigenvalue weighted by Gasteiger charge is 2.12. The van der Waals surface area contributed by atoms with Gasteiger partial charge in [-0.1, -0.05) is 29.3 Å². The highest BCUT2D eigenvalue weighted by atomic mass is 35.5. The molecule has 0 spiro atoms. The maximum absolute atomic E-state index is 7.55. The highest BCUT2D eigenvalue weighted by molar-refractivity contribution is 6.34. The van der Waals surface area contributed by atoms with Gasteiger partial charge >= 0.3 is 0 Å². The van der Waals surface area contributed by atoms with Crippen molar-refractivity contribution in [3.05, 3.63) is 57.6 Å². The van der Waals surface area contributed by atoms with E-state index in [0.29, 0.717) is 27.1 Å². The first-order chi connectivity index (χ1) is 8.99. The third-order valence-corrected chi connectivity index (χ3v) is 3.34. The number of hydrogen-bond donors (Lipinski definition) is 2. The van der Waals surface area contributed by atoms with Crippen LogP contribution in [0.3, 0.4) is 0 Å². The molecule has 0 saturated carbocycles. The number of nitrogens with one attached hydrogen (secondary N) is 1. The van der Waals surface area contributed by atoms with Crippen molar-refractivity contribution in [1.29, 1.82) is 5.41 Å². The zero-order chi connectivity index (χ0) is 14.0. The Morgan fingerprint density at radius 1 is 1.16 bits per heavy atom. The molecule has 0 heterocycles. The third-order valence-electron chi connectivity index (χ3n) is 2.60. The van der Waals surface area contributed by atoms with Gasteiger partial charge in [-0.15, -0.1) is 0 Å². The van der Waals surface area contributed by atoms with Crippen LogP contribution in [0.1, 0.15) is 11.1 Å². The Balaban J connectivity index is 2.40. The van der Waals surface area contributed by atoms with Crippen LogP contribution in [0.15, 0.2) is 36.4 Å². The lowest BCUT2D eigenvalue weighted by atomic mass is 10.2. The zero-order valence-electron chi connectivity index (χ0n) is 10.2. The van der Waals surface area contributed by atoms with Crippen LogP contribution in [0.5, 0.6) is 11.5 Å². The predicted molar refractivity (Wildman–Crippen MR) is 78.7 cm³/mol. The molecule has 3 nitrogen and oxygen atoms in total. The molecular formula is C14H12Cl2N2O. The number of hydrogen-bond acceptors (Lipinski definition) is 2. The van der Waals surface area contributed by atoms with Gasteiger partial charge in [-0.25, -0.2) is 0 Å². The van der Waals surface area contributed by atoms with Crippen molar-refractivity contribution in [3.8, 4) is 11.5 Å². The summed E-state index contributed by atoms with van der Waals surface area (Å²) < 4.78 is 5.72. The molecule has 0 amide bonds. The van der Waals surface area contributed by atoms with Crippen molar-refractivity contribution in [2.24, 2.45) is 5.73 Å². The molecule has 2 aromatic carbocycles. The largest absolute Gasteiger partial charge is 0.457 e. The number of halogens is 2. The smallest absolute Gasteiger partial charge is 0.139 e. The molecule has 2 rings (SSSR count). The Hall–Kier alpha value is -1.71. The summed E-state index contributed by atoms with van der Waals surface area (Å²) in [6.07, 6.45) is 0. The molecule has 0 aliphatic rings. The maximum atomic E-state index is 7.55. The first-order valence-corrected chi connectivity index (χ1v) is 6.31. The lowest BCUT2D eigenvalue weighted by Gasteiger charge is -2.12. The van der Waals surface area contributed by atoms with Crippen LogP contribution in [0.2, 0.25) is 10.0 Å². The average molecular weight is 295 g/mol. The van der Waals surface area contributed by atoms with Crippen molar-refractivity contribution in [2.75, 3.05) is 0 Å². The van der Waals surface area contributed by atoms with Crippen LogP contribution >= 0.6 is 23.2 Å². The minimum Gasteiger partial charge on any atom is -0.457 e. The van der Waals surface area contributed by atoms with Gasteiger partial charge in [-0.2, -0.15) is 0 Å². The second-order valence-corrected chi connectivity index (χ2v) is 4.85. The van der Waals surface area contributed by atoms with Gasteiger partial charge in [0.15, 0.2) is 0 Å². The van der Waals surface area contributed by atoms with Gasteiger partial charge in [0.05, 0.1) is 10.6 Å². The van der Waals surface area contributed by atoms with Gasteiger partial charge in [-0.3, -0.25) is 5.41 Å². The first-order valence-electron chi connectivity index (χ1n) is 5.56. The quantitative estimate of drug-likeness (QED) is 0.652. The topological polar surface area (TPSA) is 59.1 Å². The molecule has 0 atom stereocenters. The average Bonchev–Trinajstić information content (AvgIpc) is 2.33. The van der Waals surface area contributed by atoms with Crippen molar-refractivity contribution in [3.63, 3.8) is 0 Å². The van der Waals surface area contributed by atoms with E-state index < -0.39 is 0 Å². The van der Waals surface area contributed by atoms with Crippen LogP contribution in [0.4, 0.5) is 0 Å². The number of benzene rings is 2. The van der Waals surface area contributed by atoms with Crippen LogP contribution in [-0.2, 0) is 0 Å². The second kappa shape index (κ2) is 5.51. The Kier molecular flexibility index (Phi) is 3.98. The van der Waals surface area contributed by atoms with E-state index in [9.17, 15) is 0 Å². The number of aryl methyl sites for hydroxylation is 1. The second-order valence-electron chi connectivity index (χ2n) is 4.04. The van der Waals surface area contributed by atoms with E-state index in [1.54, 1.807) is 30.3 Å². The monoisotopic (exact) mass is 294 g/mol. The lowest BCUT2D eigenvalue weighted by molar-refractivity contribution is 0.481. The normalized spacial score (nSPS) is 10.3. The first kappa shape index (κ1) is 13.7. The van der Waals surface area contributed by atoms with Gasteiger partial charge in [0.25, 0.3) is 0 Å². The molecular weight excluding hydrogens is 283 g/mol. The Morgan fingerprint density at radius 3 is 2.53 bits per heavy atom. The van der Waals surface area contributed by atoms with Crippen molar-refractivity contribution < 1.29 is 4.74 Å². The molecule has 0 unspecified atom stereocenters. The summed E-state index contributed by atoms with van der Waals surface area (Å²) in [6, 6.07) is 10.4. The molecule has 0 bridgehead atoms. The summed E-state index contributed by atoms with van der Waals surface area (Å²) in [5.41, 5.74) is 6.81. The summed E-state index contributed by atoms with van der Waals surface area (Å²) in [6.45, 7) is 1.89. The van der Waals surface area contributed by atoms with Crippen molar-refractivity contribution in [1.82, 2.24) is 0 Å². The summed E-state index contributed by atoms with van der Waals surface area (Å²) in [5, 5.41) is 8.61. The van der Waals surface area contributed by atoms with Gasteiger partial charge in [-0.05, 0) is 42.8 Å². The zero-order valence-corrected chi connectivity index (χ0v) is 11.7. The Morgan fingerprint density at radius 2 is 1.89 bits per heavy atom. The van der Waals surface area contributed by atoms with E-state index in [1.807, 2.05) is 13.0 Å². The van der Waals surface area contributed by atoms with Crippen LogP contribution in [0.25, 0.3) is 0 Å². The molecule has 5 heteroatoms. The molecule has 0 aliphatic heterocycles. The minimum absolute atomic E-state index is 0.133. The molecule has 0 radical (unpaired) electrons. The molecule has 3 N–H and O–H groups in total. The number of nitrogen functional groups attached to an aromatic ring is 1.